The third-order valence-corrected chi connectivity index (χ3v) is 3.02. The maximum Gasteiger partial charge on any atom is 0.0604 e. The highest BCUT2D eigenvalue weighted by Gasteiger charge is 2.40. The van der Waals surface area contributed by atoms with Crippen molar-refractivity contribution in [1.82, 2.24) is 4.90 Å². The van der Waals surface area contributed by atoms with Crippen molar-refractivity contribution in [1.29, 1.82) is 0 Å². The molecule has 0 radical (unpaired) electrons. The van der Waals surface area contributed by atoms with Gasteiger partial charge in [0.2, 0.25) is 0 Å². The van der Waals surface area contributed by atoms with Gasteiger partial charge in [-0.3, -0.25) is 4.90 Å². The van der Waals surface area contributed by atoms with Crippen LogP contribution in [0.3, 0.4) is 0 Å². The van der Waals surface area contributed by atoms with E-state index in [4.69, 9.17) is 0 Å². The summed E-state index contributed by atoms with van der Waals surface area (Å²) in [4.78, 5) is 2.52. The van der Waals surface area contributed by atoms with Crippen LogP contribution in [0.4, 0.5) is 0 Å². The first kappa shape index (κ1) is 7.18. The minimum atomic E-state index is 0.913. The monoisotopic (exact) mass is 149 g/mol. The van der Waals surface area contributed by atoms with E-state index >= 15 is 0 Å². The van der Waals surface area contributed by atoms with Gasteiger partial charge in [-0.2, -0.15) is 0 Å². The Morgan fingerprint density at radius 3 is 3.09 bits per heavy atom. The lowest BCUT2D eigenvalue weighted by atomic mass is 9.92. The molecule has 11 heavy (non-hydrogen) atoms. The average molecular weight is 149 g/mol. The van der Waals surface area contributed by atoms with Crippen LogP contribution in [0.2, 0.25) is 0 Å². The zero-order chi connectivity index (χ0) is 7.68. The van der Waals surface area contributed by atoms with Gasteiger partial charge in [0.15, 0.2) is 0 Å². The first-order valence-electron chi connectivity index (χ1n) is 4.55. The maximum absolute atomic E-state index is 3.14. The Morgan fingerprint density at radius 2 is 2.36 bits per heavy atom. The van der Waals surface area contributed by atoms with Gasteiger partial charge in [0.25, 0.3) is 0 Å². The van der Waals surface area contributed by atoms with Crippen molar-refractivity contribution in [2.24, 2.45) is 5.92 Å². The molecule has 0 amide bonds. The van der Waals surface area contributed by atoms with E-state index in [2.05, 4.69) is 16.7 Å². The van der Waals surface area contributed by atoms with E-state index in [0.717, 1.165) is 18.5 Å². The lowest BCUT2D eigenvalue weighted by molar-refractivity contribution is 0.0533. The predicted molar refractivity (Wildman–Crippen MR) is 46.2 cm³/mol. The van der Waals surface area contributed by atoms with Crippen molar-refractivity contribution in [2.45, 2.75) is 32.2 Å². The zero-order valence-corrected chi connectivity index (χ0v) is 7.14. The largest absolute Gasteiger partial charge is 0.289 e. The highest BCUT2D eigenvalue weighted by atomic mass is 15.2. The molecule has 1 saturated heterocycles. The molecule has 2 fully saturated rings. The molecule has 1 aliphatic carbocycles. The molecule has 1 heteroatoms. The van der Waals surface area contributed by atoms with Crippen LogP contribution >= 0.6 is 0 Å². The molecule has 1 saturated carbocycles. The van der Waals surface area contributed by atoms with Gasteiger partial charge in [-0.05, 0) is 25.7 Å². The quantitative estimate of drug-likeness (QED) is 0.511. The number of nitrogens with zero attached hydrogens (tertiary/aromatic N) is 1. The van der Waals surface area contributed by atoms with E-state index < -0.39 is 0 Å². The van der Waals surface area contributed by atoms with Crippen LogP contribution in [0.5, 0.6) is 0 Å². The molecular weight excluding hydrogens is 134 g/mol. The van der Waals surface area contributed by atoms with Crippen LogP contribution in [-0.4, -0.2) is 24.0 Å². The van der Waals surface area contributed by atoms with Gasteiger partial charge in [-0.1, -0.05) is 12.3 Å². The summed E-state index contributed by atoms with van der Waals surface area (Å²) in [6, 6.07) is 0.913. The van der Waals surface area contributed by atoms with Crippen molar-refractivity contribution >= 4 is 0 Å². The van der Waals surface area contributed by atoms with Crippen LogP contribution in [-0.2, 0) is 0 Å². The molecule has 2 unspecified atom stereocenters. The van der Waals surface area contributed by atoms with E-state index in [1.807, 2.05) is 6.92 Å². The minimum absolute atomic E-state index is 0.913. The molecule has 0 aromatic rings. The fourth-order valence-corrected chi connectivity index (χ4v) is 2.37. The van der Waals surface area contributed by atoms with Crippen LogP contribution in [0.15, 0.2) is 0 Å². The molecule has 0 aromatic heterocycles. The van der Waals surface area contributed by atoms with Crippen LogP contribution in [0, 0.1) is 17.8 Å². The number of likely N-dealkylation sites (tertiary alicyclic amines) is 1. The summed E-state index contributed by atoms with van der Waals surface area (Å²) < 4.78 is 0. The number of hydrogen-bond acceptors (Lipinski definition) is 1. The molecule has 2 atom stereocenters. The van der Waals surface area contributed by atoms with Crippen molar-refractivity contribution < 1.29 is 0 Å². The normalized spacial score (nSPS) is 35.4. The third kappa shape index (κ3) is 1.16. The third-order valence-electron chi connectivity index (χ3n) is 3.02. The van der Waals surface area contributed by atoms with Gasteiger partial charge in [0, 0.05) is 12.6 Å². The molecule has 0 bridgehead atoms. The highest BCUT2D eigenvalue weighted by molar-refractivity contribution is 5.04. The van der Waals surface area contributed by atoms with Gasteiger partial charge in [-0.15, -0.1) is 5.92 Å². The fraction of sp³-hybridized carbons (Fsp3) is 0.800. The zero-order valence-electron chi connectivity index (χ0n) is 7.14. The second-order valence-corrected chi connectivity index (χ2v) is 3.61. The standard InChI is InChI=1S/C10H15N/c1-2-3-7-11-8-9-5-4-6-10(9)11/h9-10H,4-8H2,1H3. The molecule has 0 aromatic carbocycles. The Balaban J connectivity index is 1.84. The summed E-state index contributed by atoms with van der Waals surface area (Å²) in [5.41, 5.74) is 0. The van der Waals surface area contributed by atoms with Crippen molar-refractivity contribution in [3.8, 4) is 11.8 Å². The van der Waals surface area contributed by atoms with E-state index in [1.54, 1.807) is 0 Å². The van der Waals surface area contributed by atoms with Crippen LogP contribution in [0.1, 0.15) is 26.2 Å². The van der Waals surface area contributed by atoms with Gasteiger partial charge in [-0.25, -0.2) is 0 Å². The first-order valence-corrected chi connectivity index (χ1v) is 4.55. The Kier molecular flexibility index (Phi) is 1.87. The topological polar surface area (TPSA) is 3.24 Å². The number of fused-ring (bicyclic) bond motifs is 1. The molecule has 1 aliphatic heterocycles. The van der Waals surface area contributed by atoms with E-state index in [1.165, 1.54) is 25.8 Å². The average Bonchev–Trinajstić information content (AvgIpc) is 2.33. The van der Waals surface area contributed by atoms with Gasteiger partial charge in [0.05, 0.1) is 6.54 Å². The van der Waals surface area contributed by atoms with Gasteiger partial charge < -0.3 is 0 Å². The van der Waals surface area contributed by atoms with Crippen LogP contribution in [0.25, 0.3) is 0 Å². The SMILES string of the molecule is CC#CCN1CC2CCCC21. The molecule has 2 rings (SSSR count). The Bertz CT molecular complexity index is 199. The molecule has 60 valence electrons. The fourth-order valence-electron chi connectivity index (χ4n) is 2.37. The summed E-state index contributed by atoms with van der Waals surface area (Å²) in [5, 5.41) is 0. The maximum atomic E-state index is 3.14. The summed E-state index contributed by atoms with van der Waals surface area (Å²) in [6.07, 6.45) is 4.35. The van der Waals surface area contributed by atoms with Crippen molar-refractivity contribution in [3.63, 3.8) is 0 Å². The van der Waals surface area contributed by atoms with Crippen molar-refractivity contribution in [2.75, 3.05) is 13.1 Å². The molecule has 1 heterocycles. The second-order valence-electron chi connectivity index (χ2n) is 3.61. The van der Waals surface area contributed by atoms with Crippen LogP contribution < -0.4 is 0 Å². The first-order chi connectivity index (χ1) is 5.42. The van der Waals surface area contributed by atoms with Crippen molar-refractivity contribution in [3.05, 3.63) is 0 Å². The summed E-state index contributed by atoms with van der Waals surface area (Å²) in [6.45, 7) is 4.25. The van der Waals surface area contributed by atoms with E-state index in [0.29, 0.717) is 0 Å². The van der Waals surface area contributed by atoms with Gasteiger partial charge >= 0.3 is 0 Å². The lowest BCUT2D eigenvalue weighted by Crippen LogP contribution is -2.53. The molecule has 2 aliphatic rings. The smallest absolute Gasteiger partial charge is 0.0604 e. The van der Waals surface area contributed by atoms with E-state index in [-0.39, 0.29) is 0 Å². The predicted octanol–water partition coefficient (Wildman–Crippen LogP) is 1.49. The summed E-state index contributed by atoms with van der Waals surface area (Å²) >= 11 is 0. The lowest BCUT2D eigenvalue weighted by Gasteiger charge is -2.43. The summed E-state index contributed by atoms with van der Waals surface area (Å²) in [5.74, 6) is 7.13. The molecule has 0 N–H and O–H groups in total. The summed E-state index contributed by atoms with van der Waals surface area (Å²) in [7, 11) is 0. The highest BCUT2D eigenvalue weighted by Crippen LogP contribution is 2.38. The Hall–Kier alpha value is -0.480. The van der Waals surface area contributed by atoms with Gasteiger partial charge in [0.1, 0.15) is 0 Å². The second kappa shape index (κ2) is 2.87. The molecular formula is C10H15N. The molecule has 0 spiro atoms. The number of rotatable bonds is 1. The molecule has 1 nitrogen and oxygen atoms in total. The number of hydrogen-bond donors (Lipinski definition) is 0. The Morgan fingerprint density at radius 1 is 1.45 bits per heavy atom. The van der Waals surface area contributed by atoms with E-state index in [9.17, 15) is 0 Å². The minimum Gasteiger partial charge on any atom is -0.289 e. The Labute approximate surface area is 68.8 Å².